The van der Waals surface area contributed by atoms with E-state index in [2.05, 4.69) is 63.7 Å². The van der Waals surface area contributed by atoms with Crippen molar-refractivity contribution >= 4 is 63.7 Å². The van der Waals surface area contributed by atoms with E-state index in [0.29, 0.717) is 13.2 Å². The second-order valence-electron chi connectivity index (χ2n) is 3.80. The lowest BCUT2D eigenvalue weighted by Crippen LogP contribution is -2.01. The average Bonchev–Trinajstić information content (AvgIpc) is 2.36. The molecule has 0 aliphatic carbocycles. The first-order valence-electron chi connectivity index (χ1n) is 5.91. The van der Waals surface area contributed by atoms with Crippen molar-refractivity contribution in [2.75, 3.05) is 19.8 Å². The minimum absolute atomic E-state index is 0.190. The Bertz CT molecular complexity index is 436. The highest BCUT2D eigenvalue weighted by Crippen LogP contribution is 2.37. The molecule has 0 fully saturated rings. The molecule has 112 valence electrons. The van der Waals surface area contributed by atoms with E-state index in [1.54, 1.807) is 0 Å². The van der Waals surface area contributed by atoms with E-state index in [4.69, 9.17) is 14.6 Å². The van der Waals surface area contributed by atoms with Gasteiger partial charge in [0, 0.05) is 6.61 Å². The van der Waals surface area contributed by atoms with Gasteiger partial charge in [0.2, 0.25) is 0 Å². The van der Waals surface area contributed by atoms with Gasteiger partial charge < -0.3 is 14.6 Å². The molecule has 0 saturated heterocycles. The number of benzene rings is 1. The third-order valence-electron chi connectivity index (χ3n) is 2.26. The normalized spacial score (nSPS) is 10.2. The number of aliphatic hydroxyl groups excluding tert-OH is 1. The molecular weight excluding hydrogens is 524 g/mol. The molecule has 1 aromatic rings. The number of aliphatic hydroxyl groups is 1. The van der Waals surface area contributed by atoms with Gasteiger partial charge in [0.1, 0.15) is 18.1 Å². The molecule has 0 saturated carbocycles. The van der Waals surface area contributed by atoms with E-state index in [1.165, 1.54) is 0 Å². The van der Waals surface area contributed by atoms with Crippen molar-refractivity contribution in [3.8, 4) is 11.5 Å². The van der Waals surface area contributed by atoms with Crippen LogP contribution >= 0.6 is 63.7 Å². The maximum Gasteiger partial charge on any atom is 0.147 e. The highest BCUT2D eigenvalue weighted by molar-refractivity contribution is 9.28. The molecule has 0 amide bonds. The van der Waals surface area contributed by atoms with E-state index < -0.39 is 0 Å². The summed E-state index contributed by atoms with van der Waals surface area (Å²) in [6.45, 7) is 1.22. The van der Waals surface area contributed by atoms with Crippen molar-refractivity contribution in [1.29, 1.82) is 0 Å². The van der Waals surface area contributed by atoms with Crippen molar-refractivity contribution in [3.05, 3.63) is 30.5 Å². The highest BCUT2D eigenvalue weighted by Gasteiger charge is 2.09. The minimum Gasteiger partial charge on any atom is -0.491 e. The van der Waals surface area contributed by atoms with Crippen LogP contribution in [0.1, 0.15) is 12.8 Å². The first-order chi connectivity index (χ1) is 9.54. The van der Waals surface area contributed by atoms with E-state index in [0.717, 1.165) is 36.7 Å². The lowest BCUT2D eigenvalue weighted by Gasteiger charge is -2.12. The summed E-state index contributed by atoms with van der Waals surface area (Å²) in [6, 6.07) is 3.73. The van der Waals surface area contributed by atoms with Crippen LogP contribution in [-0.2, 0) is 0 Å². The van der Waals surface area contributed by atoms with Crippen molar-refractivity contribution < 1.29 is 14.6 Å². The van der Waals surface area contributed by atoms with E-state index in [-0.39, 0.29) is 6.61 Å². The number of rotatable bonds is 8. The maximum absolute atomic E-state index is 8.73. The van der Waals surface area contributed by atoms with Gasteiger partial charge in [0.25, 0.3) is 0 Å². The van der Waals surface area contributed by atoms with Crippen LogP contribution in [0.3, 0.4) is 0 Å². The van der Waals surface area contributed by atoms with Crippen LogP contribution in [-0.4, -0.2) is 24.9 Å². The third kappa shape index (κ3) is 6.93. The molecule has 0 aliphatic heterocycles. The van der Waals surface area contributed by atoms with Crippen LogP contribution in [0.5, 0.6) is 11.5 Å². The fourth-order valence-corrected chi connectivity index (χ4v) is 2.98. The van der Waals surface area contributed by atoms with Crippen LogP contribution in [0.2, 0.25) is 0 Å². The average molecular weight is 538 g/mol. The van der Waals surface area contributed by atoms with Crippen molar-refractivity contribution in [1.82, 2.24) is 0 Å². The molecule has 20 heavy (non-hydrogen) atoms. The molecule has 0 aromatic heterocycles. The molecule has 0 radical (unpaired) electrons. The van der Waals surface area contributed by atoms with Gasteiger partial charge >= 0.3 is 0 Å². The van der Waals surface area contributed by atoms with Crippen LogP contribution in [0.4, 0.5) is 0 Å². The molecule has 1 N–H and O–H groups in total. The molecule has 0 heterocycles. The Morgan fingerprint density at radius 2 is 1.75 bits per heavy atom. The second kappa shape index (κ2) is 10.2. The second-order valence-corrected chi connectivity index (χ2v) is 8.28. The van der Waals surface area contributed by atoms with Gasteiger partial charge in [-0.3, -0.25) is 0 Å². The van der Waals surface area contributed by atoms with Gasteiger partial charge in [-0.25, -0.2) is 0 Å². The van der Waals surface area contributed by atoms with Crippen LogP contribution in [0.25, 0.3) is 0 Å². The van der Waals surface area contributed by atoms with Crippen molar-refractivity contribution in [2.24, 2.45) is 0 Å². The Balaban J connectivity index is 2.63. The molecule has 0 atom stereocenters. The van der Waals surface area contributed by atoms with E-state index in [1.807, 2.05) is 18.2 Å². The van der Waals surface area contributed by atoms with Crippen LogP contribution in [0, 0.1) is 0 Å². The summed E-state index contributed by atoms with van der Waals surface area (Å²) in [5.41, 5.74) is 0. The summed E-state index contributed by atoms with van der Waals surface area (Å²) in [5, 5.41) is 8.73. The quantitative estimate of drug-likeness (QED) is 0.453. The van der Waals surface area contributed by atoms with Crippen molar-refractivity contribution in [3.63, 3.8) is 0 Å². The molecule has 0 bridgehead atoms. The number of hydrogen-bond acceptors (Lipinski definition) is 3. The lowest BCUT2D eigenvalue weighted by molar-refractivity contribution is 0.251. The molecule has 3 nitrogen and oxygen atoms in total. The van der Waals surface area contributed by atoms with E-state index in [9.17, 15) is 0 Å². The Kier molecular flexibility index (Phi) is 9.44. The summed E-state index contributed by atoms with van der Waals surface area (Å²) >= 11 is 13.5. The topological polar surface area (TPSA) is 38.7 Å². The Hall–Kier alpha value is 0.440. The van der Waals surface area contributed by atoms with E-state index >= 15 is 0 Å². The first-order valence-corrected chi connectivity index (χ1v) is 9.08. The molecule has 1 aromatic carbocycles. The summed E-state index contributed by atoms with van der Waals surface area (Å²) in [4.78, 5) is 0. The minimum atomic E-state index is 0.190. The van der Waals surface area contributed by atoms with Crippen molar-refractivity contribution in [2.45, 2.75) is 12.8 Å². The largest absolute Gasteiger partial charge is 0.491 e. The summed E-state index contributed by atoms with van der Waals surface area (Å²) < 4.78 is 13.8. The number of ether oxygens (including phenoxy) is 2. The SMILES string of the molecule is OCCCCOc1c(Br)cc(OCC=C(Br)Br)cc1Br. The highest BCUT2D eigenvalue weighted by atomic mass is 79.9. The molecule has 1 rings (SSSR count). The predicted molar refractivity (Wildman–Crippen MR) is 95.1 cm³/mol. The van der Waals surface area contributed by atoms with Crippen LogP contribution in [0.15, 0.2) is 30.5 Å². The van der Waals surface area contributed by atoms with Crippen LogP contribution < -0.4 is 9.47 Å². The zero-order chi connectivity index (χ0) is 15.0. The van der Waals surface area contributed by atoms with Gasteiger partial charge in [0.15, 0.2) is 0 Å². The van der Waals surface area contributed by atoms with Gasteiger partial charge in [-0.15, -0.1) is 0 Å². The molecule has 0 spiro atoms. The Labute approximate surface area is 152 Å². The van der Waals surface area contributed by atoms with Gasteiger partial charge in [-0.1, -0.05) is 0 Å². The Morgan fingerprint density at radius 1 is 1.10 bits per heavy atom. The predicted octanol–water partition coefficient (Wildman–Crippen LogP) is 5.37. The maximum atomic E-state index is 8.73. The number of unbranched alkanes of at least 4 members (excludes halogenated alkanes) is 1. The van der Waals surface area contributed by atoms with Gasteiger partial charge in [0.05, 0.1) is 18.9 Å². The third-order valence-corrected chi connectivity index (χ3v) is 4.08. The lowest BCUT2D eigenvalue weighted by atomic mass is 10.3. The number of hydrogen-bond donors (Lipinski definition) is 1. The molecule has 0 aliphatic rings. The smallest absolute Gasteiger partial charge is 0.147 e. The zero-order valence-electron chi connectivity index (χ0n) is 10.5. The van der Waals surface area contributed by atoms with Gasteiger partial charge in [-0.05, 0) is 94.8 Å². The Morgan fingerprint density at radius 3 is 2.30 bits per heavy atom. The summed E-state index contributed by atoms with van der Waals surface area (Å²) in [6.07, 6.45) is 3.42. The monoisotopic (exact) mass is 534 g/mol. The standard InChI is InChI=1S/C13H14Br4O3/c14-10-7-9(19-6-3-12(16)17)8-11(15)13(10)20-5-2-1-4-18/h3,7-8,18H,1-2,4-6H2. The summed E-state index contributed by atoms with van der Waals surface area (Å²) in [5.74, 6) is 1.48. The van der Waals surface area contributed by atoms with Gasteiger partial charge in [-0.2, -0.15) is 0 Å². The summed E-state index contributed by atoms with van der Waals surface area (Å²) in [7, 11) is 0. The zero-order valence-corrected chi connectivity index (χ0v) is 16.9. The fraction of sp³-hybridized carbons (Fsp3) is 0.385. The first kappa shape index (κ1) is 18.5. The number of halogens is 4. The molecular formula is C13H14Br4O3. The fourth-order valence-electron chi connectivity index (χ4n) is 1.35. The molecule has 7 heteroatoms. The molecule has 0 unspecified atom stereocenters.